The van der Waals surface area contributed by atoms with Crippen LogP contribution in [0.5, 0.6) is 0 Å². The van der Waals surface area contributed by atoms with Gasteiger partial charge in [-0.3, -0.25) is 0 Å². The zero-order chi connectivity index (χ0) is 13.2. The summed E-state index contributed by atoms with van der Waals surface area (Å²) < 4.78 is 0. The molecule has 0 radical (unpaired) electrons. The SMILES string of the molecule is Cl.Clc1cc(Cl)cc(-c2ccc(C3CCCN3)cc2)c1. The van der Waals surface area contributed by atoms with Crippen LogP contribution in [0, 0.1) is 0 Å². The number of nitrogens with one attached hydrogen (secondary N) is 1. The Hall–Kier alpha value is -0.730. The Morgan fingerprint density at radius 3 is 2.10 bits per heavy atom. The molecule has 1 fully saturated rings. The monoisotopic (exact) mass is 327 g/mol. The lowest BCUT2D eigenvalue weighted by Gasteiger charge is -2.11. The lowest BCUT2D eigenvalue weighted by molar-refractivity contribution is 0.648. The van der Waals surface area contributed by atoms with Gasteiger partial charge in [0, 0.05) is 16.1 Å². The molecule has 106 valence electrons. The number of benzene rings is 2. The van der Waals surface area contributed by atoms with Crippen LogP contribution in [0.2, 0.25) is 10.0 Å². The molecule has 20 heavy (non-hydrogen) atoms. The zero-order valence-corrected chi connectivity index (χ0v) is 13.2. The van der Waals surface area contributed by atoms with E-state index in [0.29, 0.717) is 16.1 Å². The summed E-state index contributed by atoms with van der Waals surface area (Å²) in [6.07, 6.45) is 2.48. The fraction of sp³-hybridized carbons (Fsp3) is 0.250. The van der Waals surface area contributed by atoms with Gasteiger partial charge in [-0.05, 0) is 54.3 Å². The molecule has 0 aromatic heterocycles. The summed E-state index contributed by atoms with van der Waals surface area (Å²) in [5, 5.41) is 4.85. The topological polar surface area (TPSA) is 12.0 Å². The van der Waals surface area contributed by atoms with Gasteiger partial charge in [0.05, 0.1) is 0 Å². The maximum absolute atomic E-state index is 6.04. The van der Waals surface area contributed by atoms with Gasteiger partial charge < -0.3 is 5.32 Å². The van der Waals surface area contributed by atoms with Crippen molar-refractivity contribution in [2.24, 2.45) is 0 Å². The Morgan fingerprint density at radius 1 is 0.900 bits per heavy atom. The molecule has 1 saturated heterocycles. The third-order valence-corrected chi connectivity index (χ3v) is 4.01. The zero-order valence-electron chi connectivity index (χ0n) is 10.9. The van der Waals surface area contributed by atoms with E-state index in [9.17, 15) is 0 Å². The molecular formula is C16H16Cl3N. The van der Waals surface area contributed by atoms with E-state index >= 15 is 0 Å². The van der Waals surface area contributed by atoms with E-state index in [1.165, 1.54) is 18.4 Å². The van der Waals surface area contributed by atoms with Crippen molar-refractivity contribution >= 4 is 35.6 Å². The molecule has 1 nitrogen and oxygen atoms in total. The molecule has 3 rings (SSSR count). The van der Waals surface area contributed by atoms with Gasteiger partial charge in [0.15, 0.2) is 0 Å². The fourth-order valence-corrected chi connectivity index (χ4v) is 3.12. The van der Waals surface area contributed by atoms with Crippen LogP contribution in [0.15, 0.2) is 42.5 Å². The van der Waals surface area contributed by atoms with Crippen LogP contribution in [-0.2, 0) is 0 Å². The third-order valence-electron chi connectivity index (χ3n) is 3.57. The van der Waals surface area contributed by atoms with Gasteiger partial charge in [-0.2, -0.15) is 0 Å². The van der Waals surface area contributed by atoms with Gasteiger partial charge in [-0.25, -0.2) is 0 Å². The van der Waals surface area contributed by atoms with Gasteiger partial charge in [0.2, 0.25) is 0 Å². The maximum Gasteiger partial charge on any atom is 0.0426 e. The van der Waals surface area contributed by atoms with Crippen molar-refractivity contribution in [1.82, 2.24) is 5.32 Å². The van der Waals surface area contributed by atoms with E-state index in [-0.39, 0.29) is 12.4 Å². The molecule has 0 saturated carbocycles. The summed E-state index contributed by atoms with van der Waals surface area (Å²) in [5.74, 6) is 0. The van der Waals surface area contributed by atoms with E-state index in [0.717, 1.165) is 17.7 Å². The first kappa shape index (κ1) is 15.7. The smallest absolute Gasteiger partial charge is 0.0426 e. The summed E-state index contributed by atoms with van der Waals surface area (Å²) in [7, 11) is 0. The van der Waals surface area contributed by atoms with Gasteiger partial charge in [-0.1, -0.05) is 47.5 Å². The lowest BCUT2D eigenvalue weighted by atomic mass is 10.00. The van der Waals surface area contributed by atoms with Crippen molar-refractivity contribution in [2.45, 2.75) is 18.9 Å². The highest BCUT2D eigenvalue weighted by molar-refractivity contribution is 6.35. The first-order valence-electron chi connectivity index (χ1n) is 6.52. The second-order valence-electron chi connectivity index (χ2n) is 4.93. The highest BCUT2D eigenvalue weighted by Crippen LogP contribution is 2.29. The summed E-state index contributed by atoms with van der Waals surface area (Å²) in [6.45, 7) is 1.12. The predicted molar refractivity (Wildman–Crippen MR) is 89.1 cm³/mol. The molecule has 1 heterocycles. The van der Waals surface area contributed by atoms with E-state index in [4.69, 9.17) is 23.2 Å². The van der Waals surface area contributed by atoms with Crippen LogP contribution < -0.4 is 5.32 Å². The molecule has 4 heteroatoms. The number of halogens is 3. The first-order chi connectivity index (χ1) is 9.22. The molecule has 0 amide bonds. The molecular weight excluding hydrogens is 313 g/mol. The highest BCUT2D eigenvalue weighted by atomic mass is 35.5. The Balaban J connectivity index is 0.00000147. The van der Waals surface area contributed by atoms with Crippen LogP contribution in [0.3, 0.4) is 0 Å². The van der Waals surface area contributed by atoms with E-state index in [1.807, 2.05) is 12.1 Å². The quantitative estimate of drug-likeness (QED) is 0.767. The summed E-state index contributed by atoms with van der Waals surface area (Å²) in [5.41, 5.74) is 3.56. The number of hydrogen-bond donors (Lipinski definition) is 1. The van der Waals surface area contributed by atoms with Crippen LogP contribution in [0.4, 0.5) is 0 Å². The van der Waals surface area contributed by atoms with E-state index in [1.54, 1.807) is 6.07 Å². The van der Waals surface area contributed by atoms with Crippen molar-refractivity contribution in [3.05, 3.63) is 58.1 Å². The van der Waals surface area contributed by atoms with Crippen molar-refractivity contribution in [1.29, 1.82) is 0 Å². The van der Waals surface area contributed by atoms with Crippen molar-refractivity contribution in [3.63, 3.8) is 0 Å². The van der Waals surface area contributed by atoms with E-state index in [2.05, 4.69) is 29.6 Å². The largest absolute Gasteiger partial charge is 0.310 e. The Kier molecular flexibility index (Phi) is 5.34. The highest BCUT2D eigenvalue weighted by Gasteiger charge is 2.15. The van der Waals surface area contributed by atoms with Gasteiger partial charge >= 0.3 is 0 Å². The molecule has 1 unspecified atom stereocenters. The van der Waals surface area contributed by atoms with Crippen LogP contribution in [0.1, 0.15) is 24.4 Å². The van der Waals surface area contributed by atoms with Crippen molar-refractivity contribution in [2.75, 3.05) is 6.54 Å². The Labute approximate surface area is 135 Å². The minimum atomic E-state index is 0. The van der Waals surface area contributed by atoms with Crippen LogP contribution >= 0.6 is 35.6 Å². The van der Waals surface area contributed by atoms with Gasteiger partial charge in [0.1, 0.15) is 0 Å². The fourth-order valence-electron chi connectivity index (χ4n) is 2.60. The molecule has 1 N–H and O–H groups in total. The molecule has 1 aliphatic heterocycles. The Morgan fingerprint density at radius 2 is 1.55 bits per heavy atom. The summed E-state index contributed by atoms with van der Waals surface area (Å²) in [4.78, 5) is 0. The third kappa shape index (κ3) is 3.48. The average molecular weight is 329 g/mol. The molecule has 1 aliphatic rings. The molecule has 2 aromatic rings. The minimum absolute atomic E-state index is 0. The van der Waals surface area contributed by atoms with Gasteiger partial charge in [0.25, 0.3) is 0 Å². The molecule has 0 bridgehead atoms. The predicted octanol–water partition coefficient (Wildman–Crippen LogP) is 5.51. The first-order valence-corrected chi connectivity index (χ1v) is 7.28. The summed E-state index contributed by atoms with van der Waals surface area (Å²) >= 11 is 12.1. The molecule has 2 aromatic carbocycles. The normalized spacial score (nSPS) is 17.8. The van der Waals surface area contributed by atoms with Crippen LogP contribution in [0.25, 0.3) is 11.1 Å². The number of hydrogen-bond acceptors (Lipinski definition) is 1. The number of rotatable bonds is 2. The van der Waals surface area contributed by atoms with Gasteiger partial charge in [-0.15, -0.1) is 12.4 Å². The average Bonchev–Trinajstić information content (AvgIpc) is 2.91. The van der Waals surface area contributed by atoms with E-state index < -0.39 is 0 Å². The molecule has 0 aliphatic carbocycles. The second-order valence-corrected chi connectivity index (χ2v) is 5.80. The summed E-state index contributed by atoms with van der Waals surface area (Å²) in [6, 6.07) is 14.8. The minimum Gasteiger partial charge on any atom is -0.310 e. The lowest BCUT2D eigenvalue weighted by Crippen LogP contribution is -2.12. The standard InChI is InChI=1S/C16H15Cl2N.ClH/c17-14-8-13(9-15(18)10-14)11-3-5-12(6-4-11)16-2-1-7-19-16;/h3-6,8-10,16,19H,1-2,7H2;1H. The maximum atomic E-state index is 6.04. The molecule has 1 atom stereocenters. The van der Waals surface area contributed by atoms with Crippen LogP contribution in [-0.4, -0.2) is 6.54 Å². The second kappa shape index (κ2) is 6.82. The van der Waals surface area contributed by atoms with Crippen molar-refractivity contribution in [3.8, 4) is 11.1 Å². The van der Waals surface area contributed by atoms with Crippen molar-refractivity contribution < 1.29 is 0 Å². The molecule has 0 spiro atoms. The Bertz CT molecular complexity index is 555.